The van der Waals surface area contributed by atoms with Crippen LogP contribution < -0.4 is 0 Å². The molecule has 2 nitrogen and oxygen atoms in total. The average molecular weight is 332 g/mol. The van der Waals surface area contributed by atoms with Gasteiger partial charge in [-0.3, -0.25) is 0 Å². The van der Waals surface area contributed by atoms with Gasteiger partial charge >= 0.3 is 0 Å². The van der Waals surface area contributed by atoms with E-state index in [1.54, 1.807) is 30.6 Å². The summed E-state index contributed by atoms with van der Waals surface area (Å²) < 4.78 is 14.2. The maximum atomic E-state index is 13.3. The minimum atomic E-state index is -0.246. The molecule has 0 amide bonds. The minimum absolute atomic E-state index is 0.246. The van der Waals surface area contributed by atoms with Gasteiger partial charge < -0.3 is 0 Å². The Labute approximate surface area is 104 Å². The number of hydrogen-bond donors (Lipinski definition) is 0. The van der Waals surface area contributed by atoms with Crippen LogP contribution in [0.5, 0.6) is 0 Å². The lowest BCUT2D eigenvalue weighted by molar-refractivity contribution is 0.601. The van der Waals surface area contributed by atoms with E-state index in [1.165, 1.54) is 17.8 Å². The lowest BCUT2D eigenvalue weighted by Gasteiger charge is -2.00. The third-order valence-electron chi connectivity index (χ3n) is 1.63. The van der Waals surface area contributed by atoms with Crippen molar-refractivity contribution >= 4 is 34.4 Å². The van der Waals surface area contributed by atoms with Crippen molar-refractivity contribution in [2.75, 3.05) is 0 Å². The van der Waals surface area contributed by atoms with Gasteiger partial charge in [0.15, 0.2) is 5.16 Å². The van der Waals surface area contributed by atoms with Crippen LogP contribution in [0.15, 0.2) is 46.7 Å². The molecular formula is C10H6FIN2S. The Bertz CT molecular complexity index is 461. The van der Waals surface area contributed by atoms with Gasteiger partial charge in [0, 0.05) is 16.0 Å². The fourth-order valence-corrected chi connectivity index (χ4v) is 1.98. The molecule has 1 aromatic heterocycles. The van der Waals surface area contributed by atoms with E-state index in [4.69, 9.17) is 0 Å². The predicted molar refractivity (Wildman–Crippen MR) is 65.3 cm³/mol. The molecule has 15 heavy (non-hydrogen) atoms. The number of benzene rings is 1. The molecule has 2 rings (SSSR count). The second kappa shape index (κ2) is 4.89. The van der Waals surface area contributed by atoms with E-state index in [2.05, 4.69) is 32.6 Å². The van der Waals surface area contributed by atoms with Crippen LogP contribution in [0.2, 0.25) is 0 Å². The minimum Gasteiger partial charge on any atom is -0.230 e. The molecule has 2 aromatic rings. The zero-order valence-electron chi connectivity index (χ0n) is 7.52. The number of rotatable bonds is 2. The van der Waals surface area contributed by atoms with Crippen LogP contribution in [0.3, 0.4) is 0 Å². The first-order chi connectivity index (χ1) is 7.25. The van der Waals surface area contributed by atoms with Crippen molar-refractivity contribution in [3.05, 3.63) is 46.0 Å². The smallest absolute Gasteiger partial charge is 0.192 e. The van der Waals surface area contributed by atoms with Crippen LogP contribution >= 0.6 is 34.4 Å². The SMILES string of the molecule is Fc1ccccc1Sc1ncc(I)cn1. The molecule has 0 aliphatic carbocycles. The molecule has 5 heteroatoms. The third kappa shape index (κ3) is 2.88. The molecule has 0 bridgehead atoms. The van der Waals surface area contributed by atoms with Crippen LogP contribution in [0.25, 0.3) is 0 Å². The first-order valence-corrected chi connectivity index (χ1v) is 6.05. The summed E-state index contributed by atoms with van der Waals surface area (Å²) in [5.41, 5.74) is 0. The van der Waals surface area contributed by atoms with Crippen LogP contribution in [0.4, 0.5) is 4.39 Å². The third-order valence-corrected chi connectivity index (χ3v) is 3.14. The number of nitrogens with zero attached hydrogens (tertiary/aromatic N) is 2. The fraction of sp³-hybridized carbons (Fsp3) is 0. The zero-order chi connectivity index (χ0) is 10.7. The molecule has 0 N–H and O–H groups in total. The Hall–Kier alpha value is -0.690. The molecule has 0 aliphatic rings. The van der Waals surface area contributed by atoms with Crippen molar-refractivity contribution in [3.8, 4) is 0 Å². The quantitative estimate of drug-likeness (QED) is 0.623. The second-order valence-corrected chi connectivity index (χ2v) is 4.97. The van der Waals surface area contributed by atoms with Gasteiger partial charge in [-0.05, 0) is 46.5 Å². The van der Waals surface area contributed by atoms with Crippen LogP contribution in [0.1, 0.15) is 0 Å². The molecule has 0 unspecified atom stereocenters. The van der Waals surface area contributed by atoms with E-state index in [1.807, 2.05) is 0 Å². The molecule has 76 valence electrons. The summed E-state index contributed by atoms with van der Waals surface area (Å²) in [6, 6.07) is 6.59. The topological polar surface area (TPSA) is 25.8 Å². The van der Waals surface area contributed by atoms with Crippen molar-refractivity contribution in [1.82, 2.24) is 9.97 Å². The van der Waals surface area contributed by atoms with Crippen molar-refractivity contribution in [2.24, 2.45) is 0 Å². The maximum Gasteiger partial charge on any atom is 0.192 e. The number of halogens is 2. The van der Waals surface area contributed by atoms with Gasteiger partial charge in [-0.25, -0.2) is 14.4 Å². The number of hydrogen-bond acceptors (Lipinski definition) is 3. The van der Waals surface area contributed by atoms with Gasteiger partial charge in [-0.15, -0.1) is 0 Å². The van der Waals surface area contributed by atoms with Gasteiger partial charge in [0.05, 0.1) is 4.90 Å². The highest BCUT2D eigenvalue weighted by atomic mass is 127. The summed E-state index contributed by atoms with van der Waals surface area (Å²) in [5.74, 6) is -0.246. The van der Waals surface area contributed by atoms with Crippen LogP contribution in [-0.4, -0.2) is 9.97 Å². The van der Waals surface area contributed by atoms with Gasteiger partial charge in [-0.1, -0.05) is 12.1 Å². The Morgan fingerprint density at radius 1 is 1.13 bits per heavy atom. The standard InChI is InChI=1S/C10H6FIN2S/c11-8-3-1-2-4-9(8)15-10-13-5-7(12)6-14-10/h1-6H. The van der Waals surface area contributed by atoms with Gasteiger partial charge in [-0.2, -0.15) is 0 Å². The molecule has 0 saturated carbocycles. The molecule has 0 aliphatic heterocycles. The van der Waals surface area contributed by atoms with Crippen molar-refractivity contribution in [1.29, 1.82) is 0 Å². The van der Waals surface area contributed by atoms with E-state index in [-0.39, 0.29) is 5.82 Å². The van der Waals surface area contributed by atoms with Crippen molar-refractivity contribution < 1.29 is 4.39 Å². The molecule has 0 spiro atoms. The average Bonchev–Trinajstić information content (AvgIpc) is 2.25. The first kappa shape index (κ1) is 10.8. The zero-order valence-corrected chi connectivity index (χ0v) is 10.5. The summed E-state index contributed by atoms with van der Waals surface area (Å²) in [6.07, 6.45) is 3.41. The highest BCUT2D eigenvalue weighted by Crippen LogP contribution is 2.26. The monoisotopic (exact) mass is 332 g/mol. The fourth-order valence-electron chi connectivity index (χ4n) is 0.979. The highest BCUT2D eigenvalue weighted by molar-refractivity contribution is 14.1. The largest absolute Gasteiger partial charge is 0.230 e. The number of aromatic nitrogens is 2. The van der Waals surface area contributed by atoms with Crippen molar-refractivity contribution in [2.45, 2.75) is 10.1 Å². The summed E-state index contributed by atoms with van der Waals surface area (Å²) >= 11 is 3.35. The molecule has 0 radical (unpaired) electrons. The van der Waals surface area contributed by atoms with E-state index in [0.717, 1.165) is 3.57 Å². The van der Waals surface area contributed by atoms with E-state index in [9.17, 15) is 4.39 Å². The molecule has 1 heterocycles. The lowest BCUT2D eigenvalue weighted by Crippen LogP contribution is -1.87. The van der Waals surface area contributed by atoms with Gasteiger partial charge in [0.25, 0.3) is 0 Å². The van der Waals surface area contributed by atoms with Crippen LogP contribution in [0, 0.1) is 9.39 Å². The predicted octanol–water partition coefficient (Wildman–Crippen LogP) is 3.37. The summed E-state index contributed by atoms with van der Waals surface area (Å²) in [7, 11) is 0. The first-order valence-electron chi connectivity index (χ1n) is 4.15. The summed E-state index contributed by atoms with van der Waals surface area (Å²) in [4.78, 5) is 8.73. The van der Waals surface area contributed by atoms with E-state index >= 15 is 0 Å². The summed E-state index contributed by atoms with van der Waals surface area (Å²) in [5, 5.41) is 0.556. The Kier molecular flexibility index (Phi) is 3.53. The van der Waals surface area contributed by atoms with E-state index < -0.39 is 0 Å². The molecule has 0 saturated heterocycles. The molecular weight excluding hydrogens is 326 g/mol. The normalized spacial score (nSPS) is 10.3. The summed E-state index contributed by atoms with van der Waals surface area (Å²) in [6.45, 7) is 0. The second-order valence-electron chi connectivity index (χ2n) is 2.72. The maximum absolute atomic E-state index is 13.3. The highest BCUT2D eigenvalue weighted by Gasteiger charge is 2.04. The Balaban J connectivity index is 2.22. The molecule has 0 atom stereocenters. The Morgan fingerprint density at radius 3 is 2.47 bits per heavy atom. The molecule has 0 fully saturated rings. The van der Waals surface area contributed by atoms with Crippen LogP contribution in [-0.2, 0) is 0 Å². The van der Waals surface area contributed by atoms with Gasteiger partial charge in [0.2, 0.25) is 0 Å². The lowest BCUT2D eigenvalue weighted by atomic mass is 10.4. The van der Waals surface area contributed by atoms with Crippen molar-refractivity contribution in [3.63, 3.8) is 0 Å². The Morgan fingerprint density at radius 2 is 1.80 bits per heavy atom. The molecule has 1 aromatic carbocycles. The van der Waals surface area contributed by atoms with E-state index in [0.29, 0.717) is 10.1 Å². The van der Waals surface area contributed by atoms with Gasteiger partial charge in [0.1, 0.15) is 5.82 Å².